The van der Waals surface area contributed by atoms with E-state index in [2.05, 4.69) is 15.6 Å². The van der Waals surface area contributed by atoms with Gasteiger partial charge >= 0.3 is 6.03 Å². The van der Waals surface area contributed by atoms with Crippen LogP contribution >= 0.6 is 11.3 Å². The van der Waals surface area contributed by atoms with Crippen molar-refractivity contribution in [2.45, 2.75) is 19.0 Å². The number of thiazole rings is 1. The van der Waals surface area contributed by atoms with Crippen LogP contribution in [0.3, 0.4) is 0 Å². The van der Waals surface area contributed by atoms with Crippen LogP contribution in [0.5, 0.6) is 0 Å². The number of rotatable bonds is 6. The summed E-state index contributed by atoms with van der Waals surface area (Å²) in [6, 6.07) is 14.3. The van der Waals surface area contributed by atoms with Crippen LogP contribution < -0.4 is 10.6 Å². The predicted octanol–water partition coefficient (Wildman–Crippen LogP) is 3.03. The standard InChI is InChI=1S/C22H19FN4O3S/c1-22(15-7-9-16(23)10-8-15)20(29)27(21(30)26-22)12-18(28)24-11-19-25-17(13-31-19)14-5-3-2-4-6-14/h2-10,13H,11-12H2,1H3,(H,24,28)(H,26,30). The van der Waals surface area contributed by atoms with Gasteiger partial charge in [-0.3, -0.25) is 14.5 Å². The molecule has 0 radical (unpaired) electrons. The molecule has 0 bridgehead atoms. The number of benzene rings is 2. The molecule has 31 heavy (non-hydrogen) atoms. The first-order chi connectivity index (χ1) is 14.9. The summed E-state index contributed by atoms with van der Waals surface area (Å²) in [7, 11) is 0. The second kappa shape index (κ2) is 8.27. The number of urea groups is 1. The van der Waals surface area contributed by atoms with Crippen molar-refractivity contribution in [1.82, 2.24) is 20.5 Å². The number of aromatic nitrogens is 1. The zero-order valence-electron chi connectivity index (χ0n) is 16.6. The summed E-state index contributed by atoms with van der Waals surface area (Å²) in [6.07, 6.45) is 0. The molecule has 9 heteroatoms. The van der Waals surface area contributed by atoms with Crippen LogP contribution in [0.2, 0.25) is 0 Å². The first-order valence-electron chi connectivity index (χ1n) is 9.53. The number of nitrogens with one attached hydrogen (secondary N) is 2. The van der Waals surface area contributed by atoms with Crippen molar-refractivity contribution in [1.29, 1.82) is 0 Å². The van der Waals surface area contributed by atoms with Crippen LogP contribution in [0.25, 0.3) is 11.3 Å². The van der Waals surface area contributed by atoms with Crippen LogP contribution in [0, 0.1) is 5.82 Å². The fourth-order valence-electron chi connectivity index (χ4n) is 3.33. The molecule has 158 valence electrons. The minimum absolute atomic E-state index is 0.190. The maximum atomic E-state index is 13.2. The molecule has 2 N–H and O–H groups in total. The van der Waals surface area contributed by atoms with E-state index in [-0.39, 0.29) is 6.54 Å². The molecule has 1 aliphatic heterocycles. The second-order valence-electron chi connectivity index (χ2n) is 7.22. The highest BCUT2D eigenvalue weighted by Gasteiger charge is 2.49. The van der Waals surface area contributed by atoms with E-state index in [9.17, 15) is 18.8 Å². The summed E-state index contributed by atoms with van der Waals surface area (Å²) in [5.74, 6) is -1.50. The molecule has 7 nitrogen and oxygen atoms in total. The first kappa shape index (κ1) is 20.7. The number of hydrogen-bond acceptors (Lipinski definition) is 5. The van der Waals surface area contributed by atoms with Crippen LogP contribution in [0.15, 0.2) is 60.0 Å². The van der Waals surface area contributed by atoms with E-state index >= 15 is 0 Å². The maximum Gasteiger partial charge on any atom is 0.325 e. The SMILES string of the molecule is CC1(c2ccc(F)cc2)NC(=O)N(CC(=O)NCc2nc(-c3ccccc3)cs2)C1=O. The molecule has 0 saturated carbocycles. The smallest absolute Gasteiger partial charge is 0.325 e. The highest BCUT2D eigenvalue weighted by molar-refractivity contribution is 7.09. The van der Waals surface area contributed by atoms with Crippen LogP contribution in [0.1, 0.15) is 17.5 Å². The lowest BCUT2D eigenvalue weighted by molar-refractivity contribution is -0.134. The number of hydrogen-bond donors (Lipinski definition) is 2. The number of nitrogens with zero attached hydrogens (tertiary/aromatic N) is 2. The van der Waals surface area contributed by atoms with Crippen molar-refractivity contribution in [3.05, 3.63) is 76.4 Å². The monoisotopic (exact) mass is 438 g/mol. The first-order valence-corrected chi connectivity index (χ1v) is 10.4. The number of halogens is 1. The highest BCUT2D eigenvalue weighted by atomic mass is 32.1. The Hall–Kier alpha value is -3.59. The molecule has 1 unspecified atom stereocenters. The van der Waals surface area contributed by atoms with E-state index in [1.54, 1.807) is 0 Å². The van der Waals surface area contributed by atoms with Gasteiger partial charge in [0.15, 0.2) is 0 Å². The summed E-state index contributed by atoms with van der Waals surface area (Å²) < 4.78 is 13.2. The summed E-state index contributed by atoms with van der Waals surface area (Å²) in [5.41, 5.74) is 0.881. The van der Waals surface area contributed by atoms with Crippen molar-refractivity contribution in [2.75, 3.05) is 6.54 Å². The van der Waals surface area contributed by atoms with E-state index in [0.717, 1.165) is 16.2 Å². The van der Waals surface area contributed by atoms with Gasteiger partial charge in [0.2, 0.25) is 5.91 Å². The van der Waals surface area contributed by atoms with E-state index in [1.807, 2.05) is 35.7 Å². The number of carbonyl (C=O) groups excluding carboxylic acids is 3. The third-order valence-electron chi connectivity index (χ3n) is 5.06. The zero-order chi connectivity index (χ0) is 22.0. The molecule has 2 aromatic carbocycles. The van der Waals surface area contributed by atoms with Crippen molar-refractivity contribution in [2.24, 2.45) is 0 Å². The molecule has 0 aliphatic carbocycles. The lowest BCUT2D eigenvalue weighted by Crippen LogP contribution is -2.43. The molecular formula is C22H19FN4O3S. The van der Waals surface area contributed by atoms with Crippen molar-refractivity contribution < 1.29 is 18.8 Å². The van der Waals surface area contributed by atoms with Gasteiger partial charge in [0.05, 0.1) is 12.2 Å². The summed E-state index contributed by atoms with van der Waals surface area (Å²) in [6.45, 7) is 1.30. The summed E-state index contributed by atoms with van der Waals surface area (Å²) in [5, 5.41) is 7.90. The normalized spacial score (nSPS) is 18.2. The molecule has 2 heterocycles. The second-order valence-corrected chi connectivity index (χ2v) is 8.17. The Morgan fingerprint density at radius 1 is 1.16 bits per heavy atom. The minimum atomic E-state index is -1.36. The highest BCUT2D eigenvalue weighted by Crippen LogP contribution is 2.28. The largest absolute Gasteiger partial charge is 0.348 e. The molecule has 1 aliphatic rings. The molecule has 4 rings (SSSR count). The molecule has 0 spiro atoms. The summed E-state index contributed by atoms with van der Waals surface area (Å²) in [4.78, 5) is 42.9. The van der Waals surface area contributed by atoms with Crippen LogP contribution in [-0.4, -0.2) is 34.3 Å². The van der Waals surface area contributed by atoms with Gasteiger partial charge in [-0.05, 0) is 24.6 Å². The molecule has 1 fully saturated rings. The van der Waals surface area contributed by atoms with Crippen LogP contribution in [-0.2, 0) is 21.7 Å². The Kier molecular flexibility index (Phi) is 5.51. The van der Waals surface area contributed by atoms with Gasteiger partial charge in [-0.25, -0.2) is 14.2 Å². The van der Waals surface area contributed by atoms with Gasteiger partial charge in [-0.1, -0.05) is 42.5 Å². The Morgan fingerprint density at radius 3 is 2.58 bits per heavy atom. The van der Waals surface area contributed by atoms with E-state index in [4.69, 9.17) is 0 Å². The number of imide groups is 1. The molecule has 1 atom stereocenters. The Labute approximate surface area is 181 Å². The Morgan fingerprint density at radius 2 is 1.87 bits per heavy atom. The lowest BCUT2D eigenvalue weighted by Gasteiger charge is -2.22. The quantitative estimate of drug-likeness (QED) is 0.579. The minimum Gasteiger partial charge on any atom is -0.348 e. The average Bonchev–Trinajstić information content (AvgIpc) is 3.33. The number of amides is 4. The van der Waals surface area contributed by atoms with Gasteiger partial charge in [-0.2, -0.15) is 0 Å². The maximum absolute atomic E-state index is 13.2. The summed E-state index contributed by atoms with van der Waals surface area (Å²) >= 11 is 1.41. The van der Waals surface area contributed by atoms with Gasteiger partial charge in [0.1, 0.15) is 22.9 Å². The van der Waals surface area contributed by atoms with E-state index in [1.165, 1.54) is 42.5 Å². The number of carbonyl (C=O) groups is 3. The average molecular weight is 438 g/mol. The third kappa shape index (κ3) is 4.17. The van der Waals surface area contributed by atoms with Crippen molar-refractivity contribution in [3.63, 3.8) is 0 Å². The van der Waals surface area contributed by atoms with Gasteiger partial charge in [0.25, 0.3) is 5.91 Å². The van der Waals surface area contributed by atoms with Gasteiger partial charge < -0.3 is 10.6 Å². The fourth-order valence-corrected chi connectivity index (χ4v) is 4.07. The van der Waals surface area contributed by atoms with Crippen LogP contribution in [0.4, 0.5) is 9.18 Å². The Balaban J connectivity index is 1.37. The van der Waals surface area contributed by atoms with Gasteiger partial charge in [0, 0.05) is 10.9 Å². The Bertz CT molecular complexity index is 1130. The van der Waals surface area contributed by atoms with E-state index in [0.29, 0.717) is 10.6 Å². The lowest BCUT2D eigenvalue weighted by atomic mass is 9.92. The molecule has 3 aromatic rings. The van der Waals surface area contributed by atoms with Gasteiger partial charge in [-0.15, -0.1) is 11.3 Å². The fraction of sp³-hybridized carbons (Fsp3) is 0.182. The molecule has 1 aromatic heterocycles. The van der Waals surface area contributed by atoms with E-state index < -0.39 is 35.7 Å². The molecule has 1 saturated heterocycles. The topological polar surface area (TPSA) is 91.4 Å². The zero-order valence-corrected chi connectivity index (χ0v) is 17.4. The molecule has 4 amide bonds. The third-order valence-corrected chi connectivity index (χ3v) is 5.91. The van der Waals surface area contributed by atoms with Crippen molar-refractivity contribution in [3.8, 4) is 11.3 Å². The predicted molar refractivity (Wildman–Crippen MR) is 113 cm³/mol. The van der Waals surface area contributed by atoms with Crippen molar-refractivity contribution >= 4 is 29.2 Å². The molecular weight excluding hydrogens is 419 g/mol.